The van der Waals surface area contributed by atoms with Crippen LogP contribution in [0.25, 0.3) is 0 Å². The molecule has 0 bridgehead atoms. The van der Waals surface area contributed by atoms with Crippen LogP contribution >= 0.6 is 0 Å². The molecule has 1 unspecified atom stereocenters. The van der Waals surface area contributed by atoms with Gasteiger partial charge in [0.15, 0.2) is 17.5 Å². The molecule has 0 aromatic heterocycles. The maximum Gasteiger partial charge on any atom is 0.332 e. The zero-order chi connectivity index (χ0) is 18.9. The minimum Gasteiger partial charge on any atom is -0.493 e. The van der Waals surface area contributed by atoms with Crippen LogP contribution in [0.1, 0.15) is 30.5 Å². The van der Waals surface area contributed by atoms with E-state index in [4.69, 9.17) is 19.5 Å². The number of ether oxygens (including phenoxy) is 3. The Kier molecular flexibility index (Phi) is 6.86. The zero-order valence-electron chi connectivity index (χ0n) is 15.1. The summed E-state index contributed by atoms with van der Waals surface area (Å²) in [6.45, 7) is 2.56. The Balaban J connectivity index is 2.33. The molecule has 0 aliphatic carbocycles. The summed E-state index contributed by atoms with van der Waals surface area (Å²) in [6, 6.07) is 13.5. The average Bonchev–Trinajstić information content (AvgIpc) is 2.70. The standard InChI is InChI=1S/C20H22N2O4/c1-4-11-26-18-12-15(7-10-17(18)24-2)19(20(23)25-3)22-16-8-5-14(13-21)6-9-16/h5-10,12,19,22H,4,11H2,1-3H3. The second kappa shape index (κ2) is 9.33. The summed E-state index contributed by atoms with van der Waals surface area (Å²) in [6.07, 6.45) is 0.858. The van der Waals surface area contributed by atoms with Crippen molar-refractivity contribution in [2.45, 2.75) is 19.4 Å². The average molecular weight is 354 g/mol. The molecule has 0 amide bonds. The molecule has 0 aliphatic heterocycles. The van der Waals surface area contributed by atoms with E-state index in [1.165, 1.54) is 7.11 Å². The van der Waals surface area contributed by atoms with E-state index >= 15 is 0 Å². The Hall–Kier alpha value is -3.20. The molecule has 0 aliphatic rings. The highest BCUT2D eigenvalue weighted by Gasteiger charge is 2.23. The van der Waals surface area contributed by atoms with Crippen LogP contribution in [0.4, 0.5) is 5.69 Å². The molecule has 0 spiro atoms. The zero-order valence-corrected chi connectivity index (χ0v) is 15.1. The summed E-state index contributed by atoms with van der Waals surface area (Å²) in [5.41, 5.74) is 1.93. The van der Waals surface area contributed by atoms with E-state index < -0.39 is 12.0 Å². The summed E-state index contributed by atoms with van der Waals surface area (Å²) < 4.78 is 16.0. The molecular formula is C20H22N2O4. The summed E-state index contributed by atoms with van der Waals surface area (Å²) in [5.74, 6) is 0.743. The Labute approximate surface area is 153 Å². The lowest BCUT2D eigenvalue weighted by Crippen LogP contribution is -2.22. The SMILES string of the molecule is CCCOc1cc(C(Nc2ccc(C#N)cc2)C(=O)OC)ccc1OC. The largest absolute Gasteiger partial charge is 0.493 e. The highest BCUT2D eigenvalue weighted by molar-refractivity contribution is 5.81. The van der Waals surface area contributed by atoms with Gasteiger partial charge in [-0.25, -0.2) is 4.79 Å². The smallest absolute Gasteiger partial charge is 0.332 e. The van der Waals surface area contributed by atoms with Crippen molar-refractivity contribution < 1.29 is 19.0 Å². The second-order valence-corrected chi connectivity index (χ2v) is 5.55. The predicted octanol–water partition coefficient (Wildman–Crippen LogP) is 3.68. The second-order valence-electron chi connectivity index (χ2n) is 5.55. The van der Waals surface area contributed by atoms with Crippen molar-refractivity contribution in [2.24, 2.45) is 0 Å². The fourth-order valence-corrected chi connectivity index (χ4v) is 2.40. The van der Waals surface area contributed by atoms with Gasteiger partial charge in [-0.2, -0.15) is 5.26 Å². The van der Waals surface area contributed by atoms with Crippen molar-refractivity contribution in [3.63, 3.8) is 0 Å². The van der Waals surface area contributed by atoms with Crippen LogP contribution in [0.2, 0.25) is 0 Å². The molecule has 0 saturated carbocycles. The lowest BCUT2D eigenvalue weighted by molar-refractivity contribution is -0.141. The Morgan fingerprint density at radius 1 is 1.15 bits per heavy atom. The Morgan fingerprint density at radius 3 is 2.46 bits per heavy atom. The number of anilines is 1. The van der Waals surface area contributed by atoms with E-state index in [1.807, 2.05) is 6.92 Å². The van der Waals surface area contributed by atoms with Gasteiger partial charge in [0, 0.05) is 5.69 Å². The van der Waals surface area contributed by atoms with E-state index in [1.54, 1.807) is 49.6 Å². The third-order valence-corrected chi connectivity index (χ3v) is 3.74. The van der Waals surface area contributed by atoms with Crippen LogP contribution in [0.15, 0.2) is 42.5 Å². The first-order valence-corrected chi connectivity index (χ1v) is 8.28. The van der Waals surface area contributed by atoms with Gasteiger partial charge in [-0.05, 0) is 48.4 Å². The maximum absolute atomic E-state index is 12.3. The first-order valence-electron chi connectivity index (χ1n) is 8.28. The number of rotatable bonds is 8. The van der Waals surface area contributed by atoms with Gasteiger partial charge in [0.05, 0.1) is 32.5 Å². The molecule has 0 fully saturated rings. The fraction of sp³-hybridized carbons (Fsp3) is 0.300. The molecule has 2 aromatic carbocycles. The number of nitrogens with zero attached hydrogens (tertiary/aromatic N) is 1. The number of nitriles is 1. The van der Waals surface area contributed by atoms with Crippen LogP contribution in [0, 0.1) is 11.3 Å². The Morgan fingerprint density at radius 2 is 1.88 bits per heavy atom. The minimum absolute atomic E-state index is 0.430. The number of carbonyl (C=O) groups is 1. The number of benzene rings is 2. The molecule has 136 valence electrons. The molecule has 6 nitrogen and oxygen atoms in total. The number of carbonyl (C=O) groups excluding carboxylic acids is 1. The summed E-state index contributed by atoms with van der Waals surface area (Å²) in [4.78, 5) is 12.3. The van der Waals surface area contributed by atoms with Gasteiger partial charge in [0.2, 0.25) is 0 Å². The third kappa shape index (κ3) is 4.67. The monoisotopic (exact) mass is 354 g/mol. The molecule has 0 heterocycles. The van der Waals surface area contributed by atoms with Gasteiger partial charge in [0.25, 0.3) is 0 Å². The minimum atomic E-state index is -0.720. The van der Waals surface area contributed by atoms with Crippen LogP contribution in [0.5, 0.6) is 11.5 Å². The number of nitrogens with one attached hydrogen (secondary N) is 1. The summed E-state index contributed by atoms with van der Waals surface area (Å²) in [7, 11) is 2.91. The first kappa shape index (κ1) is 19.1. The predicted molar refractivity (Wildman–Crippen MR) is 98.3 cm³/mol. The number of methoxy groups -OCH3 is 2. The Bertz CT molecular complexity index is 781. The van der Waals surface area contributed by atoms with Crippen molar-refractivity contribution in [1.82, 2.24) is 0 Å². The van der Waals surface area contributed by atoms with Gasteiger partial charge >= 0.3 is 5.97 Å². The summed E-state index contributed by atoms with van der Waals surface area (Å²) >= 11 is 0. The van der Waals surface area contributed by atoms with Gasteiger partial charge in [-0.1, -0.05) is 13.0 Å². The van der Waals surface area contributed by atoms with Crippen LogP contribution < -0.4 is 14.8 Å². The molecule has 26 heavy (non-hydrogen) atoms. The fourth-order valence-electron chi connectivity index (χ4n) is 2.40. The topological polar surface area (TPSA) is 80.6 Å². The highest BCUT2D eigenvalue weighted by atomic mass is 16.5. The highest BCUT2D eigenvalue weighted by Crippen LogP contribution is 2.32. The van der Waals surface area contributed by atoms with E-state index in [2.05, 4.69) is 11.4 Å². The van der Waals surface area contributed by atoms with E-state index in [9.17, 15) is 4.79 Å². The van der Waals surface area contributed by atoms with Gasteiger partial charge < -0.3 is 19.5 Å². The van der Waals surface area contributed by atoms with Crippen LogP contribution in [0.3, 0.4) is 0 Å². The maximum atomic E-state index is 12.3. The number of hydrogen-bond donors (Lipinski definition) is 1. The first-order chi connectivity index (χ1) is 12.6. The van der Waals surface area contributed by atoms with E-state index in [0.717, 1.165) is 6.42 Å². The van der Waals surface area contributed by atoms with Gasteiger partial charge in [-0.3, -0.25) is 0 Å². The molecule has 0 saturated heterocycles. The number of esters is 1. The van der Waals surface area contributed by atoms with Crippen molar-refractivity contribution in [3.8, 4) is 17.6 Å². The normalized spacial score (nSPS) is 11.2. The molecule has 0 radical (unpaired) electrons. The quantitative estimate of drug-likeness (QED) is 0.728. The van der Waals surface area contributed by atoms with Crippen molar-refractivity contribution >= 4 is 11.7 Å². The van der Waals surface area contributed by atoms with Crippen molar-refractivity contribution in [1.29, 1.82) is 5.26 Å². The van der Waals surface area contributed by atoms with Gasteiger partial charge in [-0.15, -0.1) is 0 Å². The third-order valence-electron chi connectivity index (χ3n) is 3.74. The lowest BCUT2D eigenvalue weighted by Gasteiger charge is -2.20. The molecule has 2 aromatic rings. The molecule has 2 rings (SSSR count). The molecular weight excluding hydrogens is 332 g/mol. The van der Waals surface area contributed by atoms with Gasteiger partial charge in [0.1, 0.15) is 0 Å². The summed E-state index contributed by atoms with van der Waals surface area (Å²) in [5, 5.41) is 12.0. The van der Waals surface area contributed by atoms with Crippen LogP contribution in [-0.4, -0.2) is 26.8 Å². The molecule has 6 heteroatoms. The van der Waals surface area contributed by atoms with E-state index in [0.29, 0.717) is 34.9 Å². The lowest BCUT2D eigenvalue weighted by atomic mass is 10.1. The molecule has 1 atom stereocenters. The van der Waals surface area contributed by atoms with Crippen LogP contribution in [-0.2, 0) is 9.53 Å². The van der Waals surface area contributed by atoms with E-state index in [-0.39, 0.29) is 0 Å². The van der Waals surface area contributed by atoms with Crippen molar-refractivity contribution in [2.75, 3.05) is 26.1 Å². The molecule has 1 N–H and O–H groups in total. The van der Waals surface area contributed by atoms with Crippen molar-refractivity contribution in [3.05, 3.63) is 53.6 Å². The number of hydrogen-bond acceptors (Lipinski definition) is 6.